The van der Waals surface area contributed by atoms with Crippen molar-refractivity contribution < 1.29 is 4.79 Å². The van der Waals surface area contributed by atoms with Gasteiger partial charge in [-0.25, -0.2) is 0 Å². The molecule has 0 saturated heterocycles. The fraction of sp³-hybridized carbons (Fsp3) is 0.917. The van der Waals surface area contributed by atoms with Crippen LogP contribution < -0.4 is 5.32 Å². The first-order chi connectivity index (χ1) is 7.20. The summed E-state index contributed by atoms with van der Waals surface area (Å²) in [5.74, 6) is 3.41. The molecule has 1 amide bonds. The molecule has 2 nitrogen and oxygen atoms in total. The van der Waals surface area contributed by atoms with Crippen LogP contribution in [0.15, 0.2) is 0 Å². The van der Waals surface area contributed by atoms with Crippen molar-refractivity contribution in [2.75, 3.05) is 5.75 Å². The molecule has 2 aliphatic carbocycles. The van der Waals surface area contributed by atoms with E-state index in [0.29, 0.717) is 18.2 Å². The minimum absolute atomic E-state index is 0.167. The molecular weight excluding hydrogens is 206 g/mol. The molecule has 3 heteroatoms. The molecule has 2 fully saturated rings. The van der Waals surface area contributed by atoms with Gasteiger partial charge in [0.15, 0.2) is 0 Å². The number of amides is 1. The second-order valence-corrected chi connectivity index (χ2v) is 5.62. The molecule has 0 aromatic heterocycles. The average Bonchev–Trinajstić information content (AvgIpc) is 2.78. The minimum atomic E-state index is 0.167. The van der Waals surface area contributed by atoms with Gasteiger partial charge in [-0.05, 0) is 49.7 Å². The highest BCUT2D eigenvalue weighted by atomic mass is 32.1. The highest BCUT2D eigenvalue weighted by molar-refractivity contribution is 7.80. The first-order valence-corrected chi connectivity index (χ1v) is 6.74. The SMILES string of the molecule is CC(NC(=O)CCS)C1CC2CCC1C2. The lowest BCUT2D eigenvalue weighted by molar-refractivity contribution is -0.121. The smallest absolute Gasteiger partial charge is 0.221 e. The Morgan fingerprint density at radius 1 is 1.47 bits per heavy atom. The standard InChI is InChI=1S/C12H21NOS/c1-8(13-12(14)4-5-15)11-7-9-2-3-10(11)6-9/h8-11,15H,2-7H2,1H3,(H,13,14). The first-order valence-electron chi connectivity index (χ1n) is 6.11. The Balaban J connectivity index is 1.81. The molecule has 0 spiro atoms. The Hall–Kier alpha value is -0.180. The summed E-state index contributed by atoms with van der Waals surface area (Å²) in [7, 11) is 0. The van der Waals surface area contributed by atoms with Crippen molar-refractivity contribution in [2.45, 2.75) is 45.1 Å². The molecule has 2 rings (SSSR count). The van der Waals surface area contributed by atoms with E-state index in [4.69, 9.17) is 0 Å². The molecule has 1 N–H and O–H groups in total. The summed E-state index contributed by atoms with van der Waals surface area (Å²) in [5, 5.41) is 3.12. The van der Waals surface area contributed by atoms with Gasteiger partial charge in [-0.15, -0.1) is 0 Å². The lowest BCUT2D eigenvalue weighted by atomic mass is 9.84. The highest BCUT2D eigenvalue weighted by Gasteiger charge is 2.41. The van der Waals surface area contributed by atoms with Gasteiger partial charge < -0.3 is 5.32 Å². The Kier molecular flexibility index (Phi) is 3.60. The number of rotatable bonds is 4. The average molecular weight is 227 g/mol. The van der Waals surface area contributed by atoms with Gasteiger partial charge >= 0.3 is 0 Å². The number of hydrogen-bond donors (Lipinski definition) is 2. The lowest BCUT2D eigenvalue weighted by Gasteiger charge is -2.28. The van der Waals surface area contributed by atoms with Crippen LogP contribution in [0.1, 0.15) is 39.0 Å². The number of nitrogens with one attached hydrogen (secondary N) is 1. The van der Waals surface area contributed by atoms with Crippen LogP contribution in [0.5, 0.6) is 0 Å². The van der Waals surface area contributed by atoms with E-state index in [1.807, 2.05) is 0 Å². The lowest BCUT2D eigenvalue weighted by Crippen LogP contribution is -2.40. The van der Waals surface area contributed by atoms with Crippen molar-refractivity contribution in [2.24, 2.45) is 17.8 Å². The second kappa shape index (κ2) is 4.77. The monoisotopic (exact) mass is 227 g/mol. The number of carbonyl (C=O) groups is 1. The summed E-state index contributed by atoms with van der Waals surface area (Å²) < 4.78 is 0. The second-order valence-electron chi connectivity index (χ2n) is 5.17. The van der Waals surface area contributed by atoms with E-state index in [1.54, 1.807) is 0 Å². The summed E-state index contributed by atoms with van der Waals surface area (Å²) in [5.41, 5.74) is 0. The minimum Gasteiger partial charge on any atom is -0.353 e. The fourth-order valence-corrected chi connectivity index (χ4v) is 3.64. The van der Waals surface area contributed by atoms with Crippen LogP contribution in [-0.2, 0) is 4.79 Å². The van der Waals surface area contributed by atoms with E-state index in [0.717, 1.165) is 17.8 Å². The van der Waals surface area contributed by atoms with Crippen LogP contribution in [0.25, 0.3) is 0 Å². The third kappa shape index (κ3) is 2.49. The van der Waals surface area contributed by atoms with Gasteiger partial charge in [0.1, 0.15) is 0 Å². The number of hydrogen-bond acceptors (Lipinski definition) is 2. The van der Waals surface area contributed by atoms with Crippen molar-refractivity contribution in [1.82, 2.24) is 5.32 Å². The maximum atomic E-state index is 11.5. The van der Waals surface area contributed by atoms with Gasteiger partial charge in [0.2, 0.25) is 5.91 Å². The first kappa shape index (κ1) is 11.3. The van der Waals surface area contributed by atoms with Gasteiger partial charge in [0, 0.05) is 12.5 Å². The van der Waals surface area contributed by atoms with Gasteiger partial charge in [-0.3, -0.25) is 4.79 Å². The van der Waals surface area contributed by atoms with Crippen LogP contribution >= 0.6 is 12.6 Å². The van der Waals surface area contributed by atoms with Gasteiger partial charge in [-0.2, -0.15) is 12.6 Å². The Morgan fingerprint density at radius 3 is 2.80 bits per heavy atom. The molecule has 2 bridgehead atoms. The Bertz CT molecular complexity index is 244. The normalized spacial score (nSPS) is 35.5. The van der Waals surface area contributed by atoms with Crippen molar-refractivity contribution in [3.05, 3.63) is 0 Å². The molecule has 0 radical (unpaired) electrons. The zero-order chi connectivity index (χ0) is 10.8. The Labute approximate surface area is 97.6 Å². The van der Waals surface area contributed by atoms with Gasteiger partial charge in [0.05, 0.1) is 0 Å². The zero-order valence-corrected chi connectivity index (χ0v) is 10.3. The van der Waals surface area contributed by atoms with E-state index in [2.05, 4.69) is 24.9 Å². The topological polar surface area (TPSA) is 29.1 Å². The molecule has 0 aliphatic heterocycles. The number of carbonyl (C=O) groups excluding carboxylic acids is 1. The number of thiol groups is 1. The molecule has 2 saturated carbocycles. The largest absolute Gasteiger partial charge is 0.353 e. The quantitative estimate of drug-likeness (QED) is 0.709. The summed E-state index contributed by atoms with van der Waals surface area (Å²) >= 11 is 4.07. The van der Waals surface area contributed by atoms with Crippen LogP contribution in [-0.4, -0.2) is 17.7 Å². The van der Waals surface area contributed by atoms with Crippen molar-refractivity contribution in [3.63, 3.8) is 0 Å². The third-order valence-electron chi connectivity index (χ3n) is 4.16. The molecule has 2 aliphatic rings. The molecule has 4 unspecified atom stereocenters. The molecule has 0 heterocycles. The maximum absolute atomic E-state index is 11.5. The number of fused-ring (bicyclic) bond motifs is 2. The maximum Gasteiger partial charge on any atom is 0.221 e. The molecule has 15 heavy (non-hydrogen) atoms. The fourth-order valence-electron chi connectivity index (χ4n) is 3.44. The summed E-state index contributed by atoms with van der Waals surface area (Å²) in [6.07, 6.45) is 6.12. The van der Waals surface area contributed by atoms with Crippen molar-refractivity contribution >= 4 is 18.5 Å². The summed E-state index contributed by atoms with van der Waals surface area (Å²) in [4.78, 5) is 11.5. The predicted octanol–water partition coefficient (Wildman–Crippen LogP) is 2.25. The van der Waals surface area contributed by atoms with Crippen LogP contribution in [0.4, 0.5) is 0 Å². The van der Waals surface area contributed by atoms with Crippen LogP contribution in [0.3, 0.4) is 0 Å². The zero-order valence-electron chi connectivity index (χ0n) is 9.41. The van der Waals surface area contributed by atoms with Gasteiger partial charge in [-0.1, -0.05) is 6.42 Å². The van der Waals surface area contributed by atoms with Crippen LogP contribution in [0, 0.1) is 17.8 Å². The van der Waals surface area contributed by atoms with E-state index in [1.165, 1.54) is 25.7 Å². The Morgan fingerprint density at radius 2 is 2.27 bits per heavy atom. The summed E-state index contributed by atoms with van der Waals surface area (Å²) in [6.45, 7) is 2.17. The van der Waals surface area contributed by atoms with Crippen molar-refractivity contribution in [3.8, 4) is 0 Å². The molecule has 86 valence electrons. The van der Waals surface area contributed by atoms with E-state index >= 15 is 0 Å². The molecule has 0 aromatic carbocycles. The van der Waals surface area contributed by atoms with Crippen molar-refractivity contribution in [1.29, 1.82) is 0 Å². The third-order valence-corrected chi connectivity index (χ3v) is 4.39. The highest BCUT2D eigenvalue weighted by Crippen LogP contribution is 2.49. The molecular formula is C12H21NOS. The molecule has 4 atom stereocenters. The summed E-state index contributed by atoms with van der Waals surface area (Å²) in [6, 6.07) is 0.368. The van der Waals surface area contributed by atoms with E-state index in [-0.39, 0.29) is 5.91 Å². The van der Waals surface area contributed by atoms with Crippen LogP contribution in [0.2, 0.25) is 0 Å². The van der Waals surface area contributed by atoms with E-state index in [9.17, 15) is 4.79 Å². The van der Waals surface area contributed by atoms with E-state index < -0.39 is 0 Å². The van der Waals surface area contributed by atoms with Gasteiger partial charge in [0.25, 0.3) is 0 Å². The predicted molar refractivity (Wildman–Crippen MR) is 65.0 cm³/mol. The molecule has 0 aromatic rings.